The molecule has 0 atom stereocenters. The van der Waals surface area contributed by atoms with Gasteiger partial charge in [-0.15, -0.1) is 0 Å². The van der Waals surface area contributed by atoms with E-state index in [1.54, 1.807) is 0 Å². The minimum atomic E-state index is 0.127. The van der Waals surface area contributed by atoms with Crippen LogP contribution in [0.2, 0.25) is 0 Å². The first-order valence-electron chi connectivity index (χ1n) is 7.87. The maximum absolute atomic E-state index is 4.63. The first kappa shape index (κ1) is 14.6. The lowest BCUT2D eigenvalue weighted by Gasteiger charge is -2.26. The van der Waals surface area contributed by atoms with E-state index in [0.717, 1.165) is 24.5 Å². The molecule has 0 amide bonds. The summed E-state index contributed by atoms with van der Waals surface area (Å²) in [6.07, 6.45) is 11.3. The third kappa shape index (κ3) is 2.59. The second kappa shape index (κ2) is 5.84. The zero-order valence-corrected chi connectivity index (χ0v) is 13.5. The number of rotatable bonds is 4. The predicted molar refractivity (Wildman–Crippen MR) is 92.4 cm³/mol. The van der Waals surface area contributed by atoms with Gasteiger partial charge in [-0.25, -0.2) is 4.98 Å². The molecule has 0 unspecified atom stereocenters. The minimum absolute atomic E-state index is 0.127. The lowest BCUT2D eigenvalue weighted by atomic mass is 9.79. The van der Waals surface area contributed by atoms with Gasteiger partial charge in [0.25, 0.3) is 0 Å². The maximum atomic E-state index is 4.63. The van der Waals surface area contributed by atoms with Gasteiger partial charge in [-0.1, -0.05) is 51.1 Å². The summed E-state index contributed by atoms with van der Waals surface area (Å²) in [5.74, 6) is 0.997. The van der Waals surface area contributed by atoms with E-state index in [4.69, 9.17) is 0 Å². The van der Waals surface area contributed by atoms with Gasteiger partial charge >= 0.3 is 0 Å². The average Bonchev–Trinajstić information content (AvgIpc) is 3.05. The standard InChI is InChI=1S/C19H23N3/c1-4-19(2,3)17-10-6-5-9-16(17)18-21-12-13-22(18)15-8-7-11-20-14-15/h5-10,12-14,20H,4,11H2,1-3H3. The van der Waals surface area contributed by atoms with Crippen LogP contribution in [0.4, 0.5) is 0 Å². The van der Waals surface area contributed by atoms with E-state index in [-0.39, 0.29) is 5.41 Å². The van der Waals surface area contributed by atoms with Crippen LogP contribution >= 0.6 is 0 Å². The van der Waals surface area contributed by atoms with Crippen LogP contribution in [0, 0.1) is 0 Å². The van der Waals surface area contributed by atoms with Crippen LogP contribution in [0.5, 0.6) is 0 Å². The van der Waals surface area contributed by atoms with Crippen molar-refractivity contribution < 1.29 is 0 Å². The molecule has 1 aromatic heterocycles. The van der Waals surface area contributed by atoms with Crippen molar-refractivity contribution in [3.05, 3.63) is 60.6 Å². The van der Waals surface area contributed by atoms with E-state index in [1.807, 2.05) is 18.6 Å². The van der Waals surface area contributed by atoms with Crippen molar-refractivity contribution in [1.29, 1.82) is 0 Å². The summed E-state index contributed by atoms with van der Waals surface area (Å²) in [7, 11) is 0. The second-order valence-corrected chi connectivity index (χ2v) is 6.28. The summed E-state index contributed by atoms with van der Waals surface area (Å²) in [6.45, 7) is 7.70. The Morgan fingerprint density at radius 1 is 1.27 bits per heavy atom. The molecule has 0 bridgehead atoms. The molecular weight excluding hydrogens is 270 g/mol. The van der Waals surface area contributed by atoms with E-state index >= 15 is 0 Å². The van der Waals surface area contributed by atoms with Crippen molar-refractivity contribution in [1.82, 2.24) is 14.9 Å². The number of hydrogen-bond acceptors (Lipinski definition) is 2. The van der Waals surface area contributed by atoms with E-state index < -0.39 is 0 Å². The number of nitrogens with one attached hydrogen (secondary N) is 1. The maximum Gasteiger partial charge on any atom is 0.144 e. The molecule has 3 heteroatoms. The molecule has 0 spiro atoms. The molecule has 2 aromatic rings. The quantitative estimate of drug-likeness (QED) is 0.915. The molecule has 1 N–H and O–H groups in total. The Balaban J connectivity index is 2.12. The third-order valence-corrected chi connectivity index (χ3v) is 4.47. The van der Waals surface area contributed by atoms with Crippen molar-refractivity contribution in [2.75, 3.05) is 6.54 Å². The first-order chi connectivity index (χ1) is 10.6. The molecule has 3 rings (SSSR count). The highest BCUT2D eigenvalue weighted by molar-refractivity contribution is 5.70. The van der Waals surface area contributed by atoms with Gasteiger partial charge in [0.1, 0.15) is 5.82 Å². The van der Waals surface area contributed by atoms with E-state index in [1.165, 1.54) is 11.1 Å². The van der Waals surface area contributed by atoms with E-state index in [0.29, 0.717) is 0 Å². The molecule has 22 heavy (non-hydrogen) atoms. The number of aromatic nitrogens is 2. The summed E-state index contributed by atoms with van der Waals surface area (Å²) in [6, 6.07) is 8.60. The predicted octanol–water partition coefficient (Wildman–Crippen LogP) is 4.20. The molecule has 0 radical (unpaired) electrons. The van der Waals surface area contributed by atoms with Crippen LogP contribution in [0.25, 0.3) is 17.1 Å². The molecule has 114 valence electrons. The Bertz CT molecular complexity index is 720. The van der Waals surface area contributed by atoms with Gasteiger partial charge in [0, 0.05) is 30.7 Å². The smallest absolute Gasteiger partial charge is 0.144 e. The zero-order valence-electron chi connectivity index (χ0n) is 13.5. The van der Waals surface area contributed by atoms with Gasteiger partial charge < -0.3 is 5.32 Å². The fourth-order valence-electron chi connectivity index (χ4n) is 2.78. The molecule has 1 aliphatic heterocycles. The van der Waals surface area contributed by atoms with Crippen LogP contribution in [0.3, 0.4) is 0 Å². The topological polar surface area (TPSA) is 29.9 Å². The highest BCUT2D eigenvalue weighted by Crippen LogP contribution is 2.35. The van der Waals surface area contributed by atoms with Gasteiger partial charge in [0.2, 0.25) is 0 Å². The summed E-state index contributed by atoms with van der Waals surface area (Å²) in [4.78, 5) is 4.63. The number of hydrogen-bond donors (Lipinski definition) is 1. The normalized spacial score (nSPS) is 14.6. The van der Waals surface area contributed by atoms with Crippen molar-refractivity contribution >= 4 is 5.70 Å². The Hall–Kier alpha value is -2.29. The van der Waals surface area contributed by atoms with Crippen molar-refractivity contribution in [3.63, 3.8) is 0 Å². The Morgan fingerprint density at radius 2 is 2.09 bits per heavy atom. The SMILES string of the molecule is CCC(C)(C)c1ccccc1-c1nccn1C1=CNCC=C1. The summed E-state index contributed by atoms with van der Waals surface area (Å²) >= 11 is 0. The van der Waals surface area contributed by atoms with Crippen molar-refractivity contribution in [2.45, 2.75) is 32.6 Å². The molecule has 1 aromatic carbocycles. The van der Waals surface area contributed by atoms with Crippen LogP contribution in [-0.4, -0.2) is 16.1 Å². The number of nitrogens with zero attached hydrogens (tertiary/aromatic N) is 2. The van der Waals surface area contributed by atoms with Gasteiger partial charge in [0.15, 0.2) is 0 Å². The second-order valence-electron chi connectivity index (χ2n) is 6.28. The molecule has 1 aliphatic rings. The van der Waals surface area contributed by atoms with Gasteiger partial charge in [0.05, 0.1) is 5.70 Å². The fraction of sp³-hybridized carbons (Fsp3) is 0.316. The monoisotopic (exact) mass is 293 g/mol. The summed E-state index contributed by atoms with van der Waals surface area (Å²) in [5.41, 5.74) is 3.79. The number of imidazole rings is 1. The lowest BCUT2D eigenvalue weighted by molar-refractivity contribution is 0.507. The van der Waals surface area contributed by atoms with Gasteiger partial charge in [-0.2, -0.15) is 0 Å². The zero-order chi connectivity index (χ0) is 15.6. The third-order valence-electron chi connectivity index (χ3n) is 4.47. The van der Waals surface area contributed by atoms with Crippen LogP contribution < -0.4 is 5.32 Å². The molecule has 0 saturated heterocycles. The number of dihydropyridines is 1. The van der Waals surface area contributed by atoms with E-state index in [2.05, 4.69) is 72.1 Å². The average molecular weight is 293 g/mol. The summed E-state index contributed by atoms with van der Waals surface area (Å²) in [5, 5.41) is 3.26. The van der Waals surface area contributed by atoms with Crippen LogP contribution in [0.15, 0.2) is 55.0 Å². The molecule has 0 aliphatic carbocycles. The molecule has 2 heterocycles. The fourth-order valence-corrected chi connectivity index (χ4v) is 2.78. The Kier molecular flexibility index (Phi) is 3.88. The molecule has 0 fully saturated rings. The van der Waals surface area contributed by atoms with Crippen molar-refractivity contribution in [3.8, 4) is 11.4 Å². The highest BCUT2D eigenvalue weighted by Gasteiger charge is 2.23. The molecule has 0 saturated carbocycles. The van der Waals surface area contributed by atoms with Crippen LogP contribution in [0.1, 0.15) is 32.8 Å². The molecular formula is C19H23N3. The largest absolute Gasteiger partial charge is 0.386 e. The van der Waals surface area contributed by atoms with Crippen LogP contribution in [-0.2, 0) is 5.41 Å². The Labute approximate surface area is 132 Å². The van der Waals surface area contributed by atoms with Gasteiger partial charge in [-0.3, -0.25) is 4.57 Å². The summed E-state index contributed by atoms with van der Waals surface area (Å²) < 4.78 is 2.15. The first-order valence-corrected chi connectivity index (χ1v) is 7.87. The number of benzene rings is 1. The number of allylic oxidation sites excluding steroid dienone is 2. The van der Waals surface area contributed by atoms with Gasteiger partial charge in [-0.05, 0) is 23.5 Å². The Morgan fingerprint density at radius 3 is 2.82 bits per heavy atom. The van der Waals surface area contributed by atoms with Crippen molar-refractivity contribution in [2.24, 2.45) is 0 Å². The molecule has 3 nitrogen and oxygen atoms in total. The van der Waals surface area contributed by atoms with E-state index in [9.17, 15) is 0 Å². The minimum Gasteiger partial charge on any atom is -0.386 e. The lowest BCUT2D eigenvalue weighted by Crippen LogP contribution is -2.18. The highest BCUT2D eigenvalue weighted by atomic mass is 15.1.